The third kappa shape index (κ3) is 4.39. The molecule has 5 nitrogen and oxygen atoms in total. The number of rotatable bonds is 4. The standard InChI is InChI=1S/C18H19NO4/c1-18(2,3)23-17(21)8-7-15-13(11-20)9-12-5-6-14(22-4)10-16(12)19-15/h5-11H,1-4H3/b8-7+. The molecule has 0 aliphatic heterocycles. The first-order chi connectivity index (χ1) is 10.8. The fraction of sp³-hybridized carbons (Fsp3) is 0.278. The molecular weight excluding hydrogens is 294 g/mol. The summed E-state index contributed by atoms with van der Waals surface area (Å²) in [4.78, 5) is 27.4. The molecule has 2 rings (SSSR count). The van der Waals surface area contributed by atoms with E-state index < -0.39 is 11.6 Å². The molecule has 0 atom stereocenters. The van der Waals surface area contributed by atoms with Crippen LogP contribution >= 0.6 is 0 Å². The van der Waals surface area contributed by atoms with E-state index in [1.807, 2.05) is 6.07 Å². The maximum absolute atomic E-state index is 11.8. The van der Waals surface area contributed by atoms with Crippen molar-refractivity contribution >= 4 is 29.2 Å². The van der Waals surface area contributed by atoms with E-state index in [-0.39, 0.29) is 0 Å². The number of carbonyl (C=O) groups is 2. The minimum atomic E-state index is -0.570. The van der Waals surface area contributed by atoms with Crippen LogP contribution in [0.4, 0.5) is 0 Å². The number of benzene rings is 1. The molecule has 0 radical (unpaired) electrons. The van der Waals surface area contributed by atoms with Crippen molar-refractivity contribution in [3.63, 3.8) is 0 Å². The highest BCUT2D eigenvalue weighted by Gasteiger charge is 2.14. The predicted molar refractivity (Wildman–Crippen MR) is 88.6 cm³/mol. The lowest BCUT2D eigenvalue weighted by atomic mass is 10.1. The zero-order valence-corrected chi connectivity index (χ0v) is 13.6. The summed E-state index contributed by atoms with van der Waals surface area (Å²) in [5.74, 6) is 0.188. The molecule has 1 heterocycles. The van der Waals surface area contributed by atoms with Gasteiger partial charge in [0.2, 0.25) is 0 Å². The van der Waals surface area contributed by atoms with Gasteiger partial charge in [-0.3, -0.25) is 4.79 Å². The van der Waals surface area contributed by atoms with Gasteiger partial charge in [-0.15, -0.1) is 0 Å². The minimum absolute atomic E-state index is 0.405. The highest BCUT2D eigenvalue weighted by atomic mass is 16.6. The highest BCUT2D eigenvalue weighted by Crippen LogP contribution is 2.22. The number of nitrogens with zero attached hydrogens (tertiary/aromatic N) is 1. The molecule has 0 bridgehead atoms. The number of aromatic nitrogens is 1. The van der Waals surface area contributed by atoms with Gasteiger partial charge >= 0.3 is 5.97 Å². The van der Waals surface area contributed by atoms with E-state index in [1.54, 1.807) is 46.1 Å². The fourth-order valence-electron chi connectivity index (χ4n) is 2.02. The van der Waals surface area contributed by atoms with E-state index >= 15 is 0 Å². The van der Waals surface area contributed by atoms with Crippen LogP contribution in [0.2, 0.25) is 0 Å². The summed E-state index contributed by atoms with van der Waals surface area (Å²) in [6, 6.07) is 7.13. The van der Waals surface area contributed by atoms with Crippen molar-refractivity contribution < 1.29 is 19.1 Å². The highest BCUT2D eigenvalue weighted by molar-refractivity contribution is 5.93. The van der Waals surface area contributed by atoms with Crippen molar-refractivity contribution in [2.45, 2.75) is 26.4 Å². The van der Waals surface area contributed by atoms with Crippen LogP contribution in [0.5, 0.6) is 5.75 Å². The van der Waals surface area contributed by atoms with E-state index in [2.05, 4.69) is 4.98 Å². The second kappa shape index (κ2) is 6.60. The Labute approximate surface area is 134 Å². The summed E-state index contributed by atoms with van der Waals surface area (Å²) >= 11 is 0. The van der Waals surface area contributed by atoms with Gasteiger partial charge in [0.25, 0.3) is 0 Å². The molecule has 5 heteroatoms. The number of esters is 1. The first-order valence-electron chi connectivity index (χ1n) is 7.17. The van der Waals surface area contributed by atoms with Crippen LogP contribution in [-0.4, -0.2) is 30.0 Å². The van der Waals surface area contributed by atoms with Crippen LogP contribution in [0.3, 0.4) is 0 Å². The summed E-state index contributed by atoms with van der Waals surface area (Å²) < 4.78 is 10.4. The van der Waals surface area contributed by atoms with Gasteiger partial charge in [-0.2, -0.15) is 0 Å². The van der Waals surface area contributed by atoms with Gasteiger partial charge < -0.3 is 9.47 Å². The Bertz CT molecular complexity index is 772. The molecule has 0 aliphatic rings. The molecular formula is C18H19NO4. The quantitative estimate of drug-likeness (QED) is 0.491. The lowest BCUT2D eigenvalue weighted by Gasteiger charge is -2.17. The molecule has 120 valence electrons. The van der Waals surface area contributed by atoms with Gasteiger partial charge in [-0.25, -0.2) is 9.78 Å². The monoisotopic (exact) mass is 313 g/mol. The summed E-state index contributed by atoms with van der Waals surface area (Å²) in [6.07, 6.45) is 3.47. The number of hydrogen-bond acceptors (Lipinski definition) is 5. The largest absolute Gasteiger partial charge is 0.497 e. The Kier molecular flexibility index (Phi) is 4.79. The number of aldehydes is 1. The molecule has 0 saturated carbocycles. The second-order valence-corrected chi connectivity index (χ2v) is 6.01. The molecule has 0 spiro atoms. The number of methoxy groups -OCH3 is 1. The fourth-order valence-corrected chi connectivity index (χ4v) is 2.02. The number of fused-ring (bicyclic) bond motifs is 1. The third-order valence-corrected chi connectivity index (χ3v) is 3.00. The lowest BCUT2D eigenvalue weighted by Crippen LogP contribution is -2.22. The second-order valence-electron chi connectivity index (χ2n) is 6.01. The van der Waals surface area contributed by atoms with Crippen LogP contribution in [-0.2, 0) is 9.53 Å². The number of carbonyl (C=O) groups excluding carboxylic acids is 2. The van der Waals surface area contributed by atoms with Crippen LogP contribution in [0, 0.1) is 0 Å². The minimum Gasteiger partial charge on any atom is -0.497 e. The zero-order valence-electron chi connectivity index (χ0n) is 13.6. The smallest absolute Gasteiger partial charge is 0.331 e. The first kappa shape index (κ1) is 16.7. The van der Waals surface area contributed by atoms with E-state index in [1.165, 1.54) is 12.2 Å². The van der Waals surface area contributed by atoms with Gasteiger partial charge in [0.05, 0.1) is 18.3 Å². The summed E-state index contributed by atoms with van der Waals surface area (Å²) in [5, 5.41) is 0.822. The lowest BCUT2D eigenvalue weighted by molar-refractivity contribution is -0.148. The Hall–Kier alpha value is -2.69. The Balaban J connectivity index is 2.38. The average Bonchev–Trinajstić information content (AvgIpc) is 2.49. The number of pyridine rings is 1. The maximum Gasteiger partial charge on any atom is 0.331 e. The molecule has 0 amide bonds. The summed E-state index contributed by atoms with van der Waals surface area (Å²) in [5.41, 5.74) is 0.923. The number of hydrogen-bond donors (Lipinski definition) is 0. The molecule has 0 aliphatic carbocycles. The summed E-state index contributed by atoms with van der Waals surface area (Å²) in [6.45, 7) is 5.36. The molecule has 1 aromatic carbocycles. The van der Waals surface area contributed by atoms with Crippen LogP contribution in [0.25, 0.3) is 17.0 Å². The van der Waals surface area contributed by atoms with E-state index in [9.17, 15) is 9.59 Å². The van der Waals surface area contributed by atoms with Gasteiger partial charge in [-0.1, -0.05) is 0 Å². The van der Waals surface area contributed by atoms with Gasteiger partial charge in [-0.05, 0) is 45.0 Å². The van der Waals surface area contributed by atoms with Crippen molar-refractivity contribution in [1.29, 1.82) is 0 Å². The van der Waals surface area contributed by atoms with Crippen molar-refractivity contribution in [1.82, 2.24) is 4.98 Å². The van der Waals surface area contributed by atoms with Crippen LogP contribution < -0.4 is 4.74 Å². The van der Waals surface area contributed by atoms with E-state index in [0.29, 0.717) is 28.8 Å². The molecule has 0 fully saturated rings. The van der Waals surface area contributed by atoms with Crippen molar-refractivity contribution in [3.8, 4) is 5.75 Å². The molecule has 1 aromatic heterocycles. The van der Waals surface area contributed by atoms with Crippen molar-refractivity contribution in [2.24, 2.45) is 0 Å². The summed E-state index contributed by atoms with van der Waals surface area (Å²) in [7, 11) is 1.57. The topological polar surface area (TPSA) is 65.5 Å². The Morgan fingerprint density at radius 1 is 1.22 bits per heavy atom. The molecule has 0 unspecified atom stereocenters. The zero-order chi connectivity index (χ0) is 17.0. The van der Waals surface area contributed by atoms with Crippen molar-refractivity contribution in [3.05, 3.63) is 41.6 Å². The number of ether oxygens (including phenoxy) is 2. The average molecular weight is 313 g/mol. The van der Waals surface area contributed by atoms with E-state index in [0.717, 1.165) is 5.39 Å². The van der Waals surface area contributed by atoms with Crippen LogP contribution in [0.1, 0.15) is 36.8 Å². The van der Waals surface area contributed by atoms with Gasteiger partial charge in [0.1, 0.15) is 11.4 Å². The Morgan fingerprint density at radius 2 is 1.96 bits per heavy atom. The van der Waals surface area contributed by atoms with Crippen LogP contribution in [0.15, 0.2) is 30.3 Å². The van der Waals surface area contributed by atoms with Crippen molar-refractivity contribution in [2.75, 3.05) is 7.11 Å². The van der Waals surface area contributed by atoms with E-state index in [4.69, 9.17) is 9.47 Å². The van der Waals surface area contributed by atoms with Gasteiger partial charge in [0.15, 0.2) is 6.29 Å². The predicted octanol–water partition coefficient (Wildman–Crippen LogP) is 3.41. The SMILES string of the molecule is COc1ccc2cc(C=O)c(/C=C/C(=O)OC(C)(C)C)nc2c1. The first-order valence-corrected chi connectivity index (χ1v) is 7.17. The molecule has 2 aromatic rings. The molecule has 23 heavy (non-hydrogen) atoms. The molecule has 0 saturated heterocycles. The normalized spacial score (nSPS) is 11.7. The molecule has 0 N–H and O–H groups in total. The maximum atomic E-state index is 11.8. The Morgan fingerprint density at radius 3 is 2.57 bits per heavy atom. The third-order valence-electron chi connectivity index (χ3n) is 3.00. The van der Waals surface area contributed by atoms with Gasteiger partial charge in [0, 0.05) is 23.1 Å².